The van der Waals surface area contributed by atoms with E-state index in [1.165, 1.54) is 0 Å². The van der Waals surface area contributed by atoms with Gasteiger partial charge in [0.15, 0.2) is 0 Å². The molecule has 0 spiro atoms. The van der Waals surface area contributed by atoms with Gasteiger partial charge in [0.05, 0.1) is 18.8 Å². The maximum atomic E-state index is 11.5. The zero-order valence-electron chi connectivity index (χ0n) is 9.20. The van der Waals surface area contributed by atoms with Gasteiger partial charge in [0.2, 0.25) is 0 Å². The number of benzene rings is 1. The van der Waals surface area contributed by atoms with Crippen molar-refractivity contribution in [3.63, 3.8) is 0 Å². The van der Waals surface area contributed by atoms with Crippen LogP contribution in [0.2, 0.25) is 0 Å². The molecule has 0 aliphatic rings. The Morgan fingerprint density at radius 3 is 2.47 bits per heavy atom. The van der Waals surface area contributed by atoms with Crippen molar-refractivity contribution < 1.29 is 14.2 Å². The third-order valence-electron chi connectivity index (χ3n) is 2.25. The molecule has 0 N–H and O–H groups in total. The van der Waals surface area contributed by atoms with E-state index in [1.807, 2.05) is 44.2 Å². The van der Waals surface area contributed by atoms with Crippen molar-refractivity contribution in [2.75, 3.05) is 6.61 Å². The van der Waals surface area contributed by atoms with Gasteiger partial charge in [-0.05, 0) is 23.9 Å². The van der Waals surface area contributed by atoms with E-state index < -0.39 is 0 Å². The van der Waals surface area contributed by atoms with Crippen LogP contribution in [-0.2, 0) is 16.3 Å². The molecule has 0 amide bonds. The second-order valence-corrected chi connectivity index (χ2v) is 4.10. The van der Waals surface area contributed by atoms with Gasteiger partial charge in [0.1, 0.15) is 0 Å². The van der Waals surface area contributed by atoms with Gasteiger partial charge in [0.25, 0.3) is 0 Å². The summed E-state index contributed by atoms with van der Waals surface area (Å²) < 4.78 is 17.2. The van der Waals surface area contributed by atoms with Crippen molar-refractivity contribution in [2.45, 2.75) is 32.5 Å². The number of rotatable bonds is 6. The molecule has 0 saturated carbocycles. The summed E-state index contributed by atoms with van der Waals surface area (Å²) in [5.74, 6) is 0. The SMILES string of the molecule is CC(C)(CCOF)OCc1ccccc1. The first kappa shape index (κ1) is 12.1. The molecule has 0 aliphatic carbocycles. The van der Waals surface area contributed by atoms with Crippen LogP contribution in [0.25, 0.3) is 0 Å². The normalized spacial score (nSPS) is 11.7. The van der Waals surface area contributed by atoms with Crippen LogP contribution in [0.3, 0.4) is 0 Å². The molecule has 0 aliphatic heterocycles. The minimum atomic E-state index is -0.359. The fraction of sp³-hybridized carbons (Fsp3) is 0.500. The van der Waals surface area contributed by atoms with E-state index in [0.29, 0.717) is 13.0 Å². The van der Waals surface area contributed by atoms with Crippen LogP contribution in [0.1, 0.15) is 25.8 Å². The van der Waals surface area contributed by atoms with E-state index in [0.717, 1.165) is 5.56 Å². The molecule has 1 aromatic carbocycles. The molecule has 0 heterocycles. The van der Waals surface area contributed by atoms with Gasteiger partial charge in [-0.3, -0.25) is 0 Å². The molecule has 0 unspecified atom stereocenters. The third-order valence-corrected chi connectivity index (χ3v) is 2.25. The molecule has 3 heteroatoms. The van der Waals surface area contributed by atoms with Gasteiger partial charge in [-0.1, -0.05) is 30.3 Å². The number of halogens is 1. The lowest BCUT2D eigenvalue weighted by atomic mass is 10.1. The molecular formula is C12H17FO2. The monoisotopic (exact) mass is 212 g/mol. The topological polar surface area (TPSA) is 18.5 Å². The van der Waals surface area contributed by atoms with Crippen LogP contribution < -0.4 is 0 Å². The highest BCUT2D eigenvalue weighted by Gasteiger charge is 2.18. The summed E-state index contributed by atoms with van der Waals surface area (Å²) in [7, 11) is 0. The zero-order valence-corrected chi connectivity index (χ0v) is 9.20. The number of hydrogen-bond acceptors (Lipinski definition) is 2. The fourth-order valence-corrected chi connectivity index (χ4v) is 1.21. The Labute approximate surface area is 89.9 Å². The average Bonchev–Trinajstić information content (AvgIpc) is 2.25. The van der Waals surface area contributed by atoms with E-state index in [4.69, 9.17) is 4.74 Å². The molecule has 0 aromatic heterocycles. The lowest BCUT2D eigenvalue weighted by molar-refractivity contribution is -0.152. The van der Waals surface area contributed by atoms with Crippen molar-refractivity contribution in [2.24, 2.45) is 0 Å². The fourth-order valence-electron chi connectivity index (χ4n) is 1.21. The summed E-state index contributed by atoms with van der Waals surface area (Å²) in [6.45, 7) is 4.46. The largest absolute Gasteiger partial charge is 0.371 e. The summed E-state index contributed by atoms with van der Waals surface area (Å²) in [5.41, 5.74) is 0.758. The van der Waals surface area contributed by atoms with Crippen molar-refractivity contribution in [3.8, 4) is 0 Å². The van der Waals surface area contributed by atoms with Gasteiger partial charge in [-0.2, -0.15) is 4.94 Å². The number of ether oxygens (including phenoxy) is 1. The molecule has 0 fully saturated rings. The smallest absolute Gasteiger partial charge is 0.0903 e. The minimum Gasteiger partial charge on any atom is -0.371 e. The van der Waals surface area contributed by atoms with Crippen molar-refractivity contribution in [3.05, 3.63) is 35.9 Å². The summed E-state index contributed by atoms with van der Waals surface area (Å²) in [6, 6.07) is 9.90. The first-order valence-corrected chi connectivity index (χ1v) is 5.05. The predicted molar refractivity (Wildman–Crippen MR) is 57.0 cm³/mol. The highest BCUT2D eigenvalue weighted by Crippen LogP contribution is 2.17. The van der Waals surface area contributed by atoms with E-state index >= 15 is 0 Å². The molecule has 2 nitrogen and oxygen atoms in total. The highest BCUT2D eigenvalue weighted by molar-refractivity contribution is 5.13. The first-order valence-electron chi connectivity index (χ1n) is 5.05. The van der Waals surface area contributed by atoms with Gasteiger partial charge in [-0.25, -0.2) is 0 Å². The maximum absolute atomic E-state index is 11.5. The lowest BCUT2D eigenvalue weighted by Crippen LogP contribution is -2.25. The van der Waals surface area contributed by atoms with E-state index in [9.17, 15) is 4.53 Å². The van der Waals surface area contributed by atoms with Crippen molar-refractivity contribution in [1.82, 2.24) is 0 Å². The van der Waals surface area contributed by atoms with Gasteiger partial charge in [0, 0.05) is 6.42 Å². The lowest BCUT2D eigenvalue weighted by Gasteiger charge is -2.24. The summed E-state index contributed by atoms with van der Waals surface area (Å²) in [5, 5.41) is 0. The maximum Gasteiger partial charge on any atom is 0.0903 e. The molecule has 84 valence electrons. The Kier molecular flexibility index (Phi) is 4.72. The summed E-state index contributed by atoms with van der Waals surface area (Å²) >= 11 is 0. The molecule has 1 rings (SSSR count). The molecule has 0 saturated heterocycles. The van der Waals surface area contributed by atoms with Crippen molar-refractivity contribution in [1.29, 1.82) is 0 Å². The standard InChI is InChI=1S/C12H17FO2/c1-12(2,8-9-15-13)14-10-11-6-4-3-5-7-11/h3-7H,8-10H2,1-2H3. The van der Waals surface area contributed by atoms with Gasteiger partial charge >= 0.3 is 0 Å². The Balaban J connectivity index is 2.35. The Morgan fingerprint density at radius 2 is 1.87 bits per heavy atom. The van der Waals surface area contributed by atoms with Gasteiger partial charge in [-0.15, -0.1) is 0 Å². The molecule has 15 heavy (non-hydrogen) atoms. The van der Waals surface area contributed by atoms with Gasteiger partial charge < -0.3 is 4.74 Å². The summed E-state index contributed by atoms with van der Waals surface area (Å²) in [4.78, 5) is 3.55. The van der Waals surface area contributed by atoms with Crippen LogP contribution in [0, 0.1) is 0 Å². The van der Waals surface area contributed by atoms with E-state index in [2.05, 4.69) is 4.94 Å². The van der Waals surface area contributed by atoms with Crippen LogP contribution in [0.5, 0.6) is 0 Å². The number of hydrogen-bond donors (Lipinski definition) is 0. The molecule has 1 aromatic rings. The molecule has 0 bridgehead atoms. The third kappa shape index (κ3) is 4.91. The Bertz CT molecular complexity index is 272. The second kappa shape index (κ2) is 5.83. The highest BCUT2D eigenvalue weighted by atomic mass is 19.3. The zero-order chi connectivity index (χ0) is 11.1. The predicted octanol–water partition coefficient (Wildman–Crippen LogP) is 3.27. The minimum absolute atomic E-state index is 0.0712. The van der Waals surface area contributed by atoms with E-state index in [-0.39, 0.29) is 12.2 Å². The van der Waals surface area contributed by atoms with Crippen LogP contribution >= 0.6 is 0 Å². The average molecular weight is 212 g/mol. The van der Waals surface area contributed by atoms with Crippen molar-refractivity contribution >= 4 is 0 Å². The van der Waals surface area contributed by atoms with Crippen LogP contribution in [-0.4, -0.2) is 12.2 Å². The second-order valence-electron chi connectivity index (χ2n) is 4.10. The Hall–Kier alpha value is -0.930. The van der Waals surface area contributed by atoms with E-state index in [1.54, 1.807) is 0 Å². The molecule has 0 atom stereocenters. The van der Waals surface area contributed by atoms with Crippen LogP contribution in [0.15, 0.2) is 30.3 Å². The first-order chi connectivity index (χ1) is 7.14. The molecular weight excluding hydrogens is 195 g/mol. The Morgan fingerprint density at radius 1 is 1.20 bits per heavy atom. The molecule has 0 radical (unpaired) electrons. The summed E-state index contributed by atoms with van der Waals surface area (Å²) in [6.07, 6.45) is 0.538. The quantitative estimate of drug-likeness (QED) is 0.720. The van der Waals surface area contributed by atoms with Crippen LogP contribution in [0.4, 0.5) is 4.53 Å².